The fourth-order valence-corrected chi connectivity index (χ4v) is 4.54. The molecule has 36 heavy (non-hydrogen) atoms. The molecule has 3 aromatic carbocycles. The highest BCUT2D eigenvalue weighted by molar-refractivity contribution is 6.51. The number of ketones is 1. The van der Waals surface area contributed by atoms with E-state index in [9.17, 15) is 14.7 Å². The first-order valence-electron chi connectivity index (χ1n) is 11.6. The van der Waals surface area contributed by atoms with Gasteiger partial charge in [0.15, 0.2) is 11.5 Å². The second kappa shape index (κ2) is 8.75. The number of aliphatic hydroxyl groups excluding tert-OH is 1. The van der Waals surface area contributed by atoms with Crippen LogP contribution < -0.4 is 19.1 Å². The molecule has 5 rings (SSSR count). The maximum atomic E-state index is 13.4. The first-order valence-corrected chi connectivity index (χ1v) is 11.6. The summed E-state index contributed by atoms with van der Waals surface area (Å²) in [5.74, 6) is -0.182. The fraction of sp³-hybridized carbons (Fsp3) is 0.241. The van der Waals surface area contributed by atoms with E-state index in [1.165, 1.54) is 12.0 Å². The van der Waals surface area contributed by atoms with Gasteiger partial charge in [0.2, 0.25) is 6.79 Å². The van der Waals surface area contributed by atoms with Gasteiger partial charge in [0.1, 0.15) is 11.5 Å². The van der Waals surface area contributed by atoms with E-state index in [0.717, 1.165) is 5.56 Å². The Morgan fingerprint density at radius 2 is 1.69 bits per heavy atom. The van der Waals surface area contributed by atoms with Crippen molar-refractivity contribution < 1.29 is 28.9 Å². The molecule has 184 valence electrons. The lowest BCUT2D eigenvalue weighted by molar-refractivity contribution is -0.132. The molecule has 2 aliphatic rings. The number of methoxy groups -OCH3 is 1. The number of hydrogen-bond donors (Lipinski definition) is 1. The first kappa shape index (κ1) is 23.5. The van der Waals surface area contributed by atoms with E-state index in [-0.39, 0.29) is 23.5 Å². The summed E-state index contributed by atoms with van der Waals surface area (Å²) in [7, 11) is 1.52. The van der Waals surface area contributed by atoms with Gasteiger partial charge in [0.25, 0.3) is 11.7 Å². The van der Waals surface area contributed by atoms with Gasteiger partial charge in [-0.15, -0.1) is 0 Å². The number of fused-ring (bicyclic) bond motifs is 1. The van der Waals surface area contributed by atoms with Gasteiger partial charge < -0.3 is 19.3 Å². The molecule has 0 aliphatic carbocycles. The zero-order valence-electron chi connectivity index (χ0n) is 20.6. The Kier molecular flexibility index (Phi) is 5.71. The summed E-state index contributed by atoms with van der Waals surface area (Å²) in [5.41, 5.74) is 2.60. The Balaban J connectivity index is 1.69. The molecule has 7 nitrogen and oxygen atoms in total. The molecule has 0 radical (unpaired) electrons. The quantitative estimate of drug-likeness (QED) is 0.305. The maximum Gasteiger partial charge on any atom is 0.300 e. The maximum absolute atomic E-state index is 13.4. The number of carbonyl (C=O) groups is 2. The van der Waals surface area contributed by atoms with Crippen molar-refractivity contribution in [2.45, 2.75) is 32.2 Å². The largest absolute Gasteiger partial charge is 0.507 e. The van der Waals surface area contributed by atoms with Crippen LogP contribution in [0.4, 0.5) is 5.69 Å². The Hall–Kier alpha value is -4.26. The van der Waals surface area contributed by atoms with Gasteiger partial charge in [-0.1, -0.05) is 57.2 Å². The zero-order valence-corrected chi connectivity index (χ0v) is 20.6. The number of ether oxygens (including phenoxy) is 3. The average molecular weight is 486 g/mol. The molecule has 1 amide bonds. The predicted octanol–water partition coefficient (Wildman–Crippen LogP) is 5.35. The van der Waals surface area contributed by atoms with Crippen molar-refractivity contribution in [2.24, 2.45) is 0 Å². The van der Waals surface area contributed by atoms with Crippen molar-refractivity contribution in [3.63, 3.8) is 0 Å². The summed E-state index contributed by atoms with van der Waals surface area (Å²) >= 11 is 0. The molecule has 0 aromatic heterocycles. The molecule has 2 aliphatic heterocycles. The number of Topliss-reactive ketones (excluding diaryl/α,β-unsaturated/α-hetero) is 1. The van der Waals surface area contributed by atoms with Crippen LogP contribution in [0.25, 0.3) is 5.76 Å². The third-order valence-corrected chi connectivity index (χ3v) is 6.51. The lowest BCUT2D eigenvalue weighted by Crippen LogP contribution is -2.29. The van der Waals surface area contributed by atoms with Gasteiger partial charge in [-0.3, -0.25) is 14.5 Å². The van der Waals surface area contributed by atoms with E-state index in [1.54, 1.807) is 42.5 Å². The van der Waals surface area contributed by atoms with Crippen molar-refractivity contribution in [3.8, 4) is 17.2 Å². The van der Waals surface area contributed by atoms with E-state index in [2.05, 4.69) is 20.8 Å². The number of aliphatic hydroxyl groups is 1. The van der Waals surface area contributed by atoms with Crippen LogP contribution in [0.15, 0.2) is 72.3 Å². The normalized spacial score (nSPS) is 18.6. The Morgan fingerprint density at radius 3 is 2.39 bits per heavy atom. The monoisotopic (exact) mass is 485 g/mol. The predicted molar refractivity (Wildman–Crippen MR) is 135 cm³/mol. The summed E-state index contributed by atoms with van der Waals surface area (Å²) in [6.45, 7) is 6.43. The number of anilines is 1. The van der Waals surface area contributed by atoms with Crippen LogP contribution >= 0.6 is 0 Å². The molecule has 3 aromatic rings. The van der Waals surface area contributed by atoms with Gasteiger partial charge in [-0.2, -0.15) is 0 Å². The standard InChI is InChI=1S/C29H27NO6/c1-29(2,3)19-10-8-17(9-11-19)25-24(26(31)18-6-5-7-21(14-18)34-4)27(32)28(33)30(25)20-12-13-22-23(15-20)36-16-35-22/h5-15,25,31H,16H2,1-4H3/b26-24+. The minimum atomic E-state index is -0.842. The summed E-state index contributed by atoms with van der Waals surface area (Å²) in [4.78, 5) is 28.2. The fourth-order valence-electron chi connectivity index (χ4n) is 4.54. The smallest absolute Gasteiger partial charge is 0.300 e. The zero-order chi connectivity index (χ0) is 25.6. The lowest BCUT2D eigenvalue weighted by atomic mass is 9.85. The van der Waals surface area contributed by atoms with E-state index in [0.29, 0.717) is 34.1 Å². The second-order valence-corrected chi connectivity index (χ2v) is 9.81. The van der Waals surface area contributed by atoms with Crippen LogP contribution in [-0.4, -0.2) is 30.7 Å². The van der Waals surface area contributed by atoms with Crippen molar-refractivity contribution in [1.29, 1.82) is 0 Å². The SMILES string of the molecule is COc1cccc(/C(O)=C2\C(=O)C(=O)N(c3ccc4c(c3)OCO4)C2c2ccc(C(C)(C)C)cc2)c1. The van der Waals surface area contributed by atoms with Crippen LogP contribution in [0.3, 0.4) is 0 Å². The Morgan fingerprint density at radius 1 is 0.972 bits per heavy atom. The van der Waals surface area contributed by atoms with Crippen molar-refractivity contribution >= 4 is 23.1 Å². The van der Waals surface area contributed by atoms with Gasteiger partial charge in [-0.05, 0) is 40.8 Å². The second-order valence-electron chi connectivity index (χ2n) is 9.81. The molecule has 0 spiro atoms. The lowest BCUT2D eigenvalue weighted by Gasteiger charge is -2.26. The summed E-state index contributed by atoms with van der Waals surface area (Å²) in [6.07, 6.45) is 0. The van der Waals surface area contributed by atoms with Crippen LogP contribution in [0, 0.1) is 0 Å². The highest BCUT2D eigenvalue weighted by Crippen LogP contribution is 2.45. The Labute approximate surface area is 209 Å². The number of nitrogens with zero attached hydrogens (tertiary/aromatic N) is 1. The third-order valence-electron chi connectivity index (χ3n) is 6.51. The average Bonchev–Trinajstić information content (AvgIpc) is 3.45. The number of rotatable bonds is 4. The number of benzene rings is 3. The van der Waals surface area contributed by atoms with Crippen LogP contribution in [0.2, 0.25) is 0 Å². The molecule has 1 unspecified atom stereocenters. The van der Waals surface area contributed by atoms with Gasteiger partial charge in [-0.25, -0.2) is 0 Å². The summed E-state index contributed by atoms with van der Waals surface area (Å²) in [6, 6.07) is 18.8. The van der Waals surface area contributed by atoms with E-state index >= 15 is 0 Å². The molecule has 7 heteroatoms. The molecular weight excluding hydrogens is 458 g/mol. The van der Waals surface area contributed by atoms with E-state index < -0.39 is 17.7 Å². The summed E-state index contributed by atoms with van der Waals surface area (Å²) < 4.78 is 16.2. The Bertz CT molecular complexity index is 1380. The molecule has 1 atom stereocenters. The van der Waals surface area contributed by atoms with Gasteiger partial charge >= 0.3 is 0 Å². The minimum Gasteiger partial charge on any atom is -0.507 e. The first-order chi connectivity index (χ1) is 17.2. The highest BCUT2D eigenvalue weighted by atomic mass is 16.7. The number of amides is 1. The molecule has 0 bridgehead atoms. The third kappa shape index (κ3) is 3.96. The van der Waals surface area contributed by atoms with Crippen LogP contribution in [-0.2, 0) is 15.0 Å². The summed E-state index contributed by atoms with van der Waals surface area (Å²) in [5, 5.41) is 11.3. The van der Waals surface area contributed by atoms with Gasteiger partial charge in [0, 0.05) is 17.3 Å². The molecule has 1 N–H and O–H groups in total. The highest BCUT2D eigenvalue weighted by Gasteiger charge is 2.47. The molecule has 1 fully saturated rings. The van der Waals surface area contributed by atoms with Crippen LogP contribution in [0.1, 0.15) is 43.5 Å². The van der Waals surface area contributed by atoms with Crippen molar-refractivity contribution in [3.05, 3.63) is 89.0 Å². The molecule has 1 saturated heterocycles. The minimum absolute atomic E-state index is 0.00873. The molecule has 0 saturated carbocycles. The van der Waals surface area contributed by atoms with Crippen molar-refractivity contribution in [1.82, 2.24) is 0 Å². The number of hydrogen-bond acceptors (Lipinski definition) is 6. The molecule has 2 heterocycles. The van der Waals surface area contributed by atoms with Crippen molar-refractivity contribution in [2.75, 3.05) is 18.8 Å². The van der Waals surface area contributed by atoms with Gasteiger partial charge in [0.05, 0.1) is 18.7 Å². The van der Waals surface area contributed by atoms with E-state index in [4.69, 9.17) is 14.2 Å². The topological polar surface area (TPSA) is 85.3 Å². The van der Waals surface area contributed by atoms with E-state index in [1.807, 2.05) is 24.3 Å². The number of carbonyl (C=O) groups excluding carboxylic acids is 2. The molecular formula is C29H27NO6. The van der Waals surface area contributed by atoms with Crippen LogP contribution in [0.5, 0.6) is 17.2 Å².